The number of hydrogen-bond donors (Lipinski definition) is 0. The summed E-state index contributed by atoms with van der Waals surface area (Å²) >= 11 is 0. The van der Waals surface area contributed by atoms with Gasteiger partial charge in [0, 0.05) is 38.1 Å². The van der Waals surface area contributed by atoms with E-state index in [9.17, 15) is 4.79 Å². The molecule has 2 aromatic rings. The van der Waals surface area contributed by atoms with Crippen LogP contribution in [0.5, 0.6) is 0 Å². The van der Waals surface area contributed by atoms with Crippen LogP contribution in [0.1, 0.15) is 24.2 Å². The summed E-state index contributed by atoms with van der Waals surface area (Å²) in [5.41, 5.74) is 1.36. The van der Waals surface area contributed by atoms with Crippen LogP contribution in [0.25, 0.3) is 5.52 Å². The molecule has 1 amide bonds. The van der Waals surface area contributed by atoms with E-state index in [2.05, 4.69) is 0 Å². The molecule has 1 saturated heterocycles. The van der Waals surface area contributed by atoms with Crippen LogP contribution in [0.4, 0.5) is 0 Å². The number of nitrogens with zero attached hydrogens (tertiary/aromatic N) is 2. The highest BCUT2D eigenvalue weighted by atomic mass is 16.5. The number of pyridine rings is 1. The second-order valence-electron chi connectivity index (χ2n) is 6.40. The number of carbonyl (C=O) groups excluding carboxylic acids is 1. The van der Waals surface area contributed by atoms with E-state index in [4.69, 9.17) is 9.47 Å². The normalized spacial score (nSPS) is 21.2. The first-order valence-corrected chi connectivity index (χ1v) is 7.51. The van der Waals surface area contributed by atoms with Gasteiger partial charge in [-0.3, -0.25) is 4.79 Å². The Labute approximate surface area is 130 Å². The number of methoxy groups -OCH3 is 1. The fourth-order valence-corrected chi connectivity index (χ4v) is 3.08. The van der Waals surface area contributed by atoms with Crippen molar-refractivity contribution in [1.29, 1.82) is 0 Å². The Kier molecular flexibility index (Phi) is 3.93. The summed E-state index contributed by atoms with van der Waals surface area (Å²) in [6.45, 7) is 5.64. The van der Waals surface area contributed by atoms with Gasteiger partial charge >= 0.3 is 0 Å². The van der Waals surface area contributed by atoms with Crippen LogP contribution in [-0.2, 0) is 9.47 Å². The van der Waals surface area contributed by atoms with E-state index in [1.165, 1.54) is 0 Å². The predicted molar refractivity (Wildman–Crippen MR) is 84.1 cm³/mol. The number of hydrogen-bond acceptors (Lipinski definition) is 3. The Morgan fingerprint density at radius 1 is 1.45 bits per heavy atom. The summed E-state index contributed by atoms with van der Waals surface area (Å²) in [6.07, 6.45) is 3.74. The van der Waals surface area contributed by atoms with Crippen molar-refractivity contribution in [3.05, 3.63) is 42.2 Å². The van der Waals surface area contributed by atoms with E-state index in [0.717, 1.165) is 5.52 Å². The first-order valence-electron chi connectivity index (χ1n) is 7.51. The lowest BCUT2D eigenvalue weighted by Crippen LogP contribution is -2.55. The molecule has 0 radical (unpaired) electrons. The van der Waals surface area contributed by atoms with E-state index in [1.54, 1.807) is 7.11 Å². The Morgan fingerprint density at radius 2 is 2.27 bits per heavy atom. The molecule has 0 saturated carbocycles. The van der Waals surface area contributed by atoms with Crippen LogP contribution in [0.2, 0.25) is 0 Å². The van der Waals surface area contributed by atoms with Crippen molar-refractivity contribution < 1.29 is 14.3 Å². The van der Waals surface area contributed by atoms with Crippen LogP contribution in [0, 0.1) is 0 Å². The van der Waals surface area contributed by atoms with Crippen LogP contribution < -0.4 is 0 Å². The molecule has 0 aliphatic carbocycles. The van der Waals surface area contributed by atoms with Crippen molar-refractivity contribution in [2.75, 3.05) is 26.8 Å². The monoisotopic (exact) mass is 302 g/mol. The third-order valence-corrected chi connectivity index (χ3v) is 3.87. The third-order valence-electron chi connectivity index (χ3n) is 3.87. The zero-order chi connectivity index (χ0) is 15.7. The molecular weight excluding hydrogens is 280 g/mol. The Bertz CT molecular complexity index is 644. The van der Waals surface area contributed by atoms with E-state index >= 15 is 0 Å². The maximum absolute atomic E-state index is 12.8. The second-order valence-corrected chi connectivity index (χ2v) is 6.40. The largest absolute Gasteiger partial charge is 0.382 e. The van der Waals surface area contributed by atoms with Gasteiger partial charge in [0.15, 0.2) is 0 Å². The number of amides is 1. The van der Waals surface area contributed by atoms with Gasteiger partial charge in [0.05, 0.1) is 23.9 Å². The summed E-state index contributed by atoms with van der Waals surface area (Å²) in [5.74, 6) is 0.0428. The molecule has 0 aromatic carbocycles. The van der Waals surface area contributed by atoms with Crippen LogP contribution in [-0.4, -0.2) is 53.7 Å². The van der Waals surface area contributed by atoms with E-state index in [0.29, 0.717) is 25.3 Å². The van der Waals surface area contributed by atoms with Crippen molar-refractivity contribution in [3.8, 4) is 0 Å². The quantitative estimate of drug-likeness (QED) is 0.873. The van der Waals surface area contributed by atoms with E-state index in [1.807, 2.05) is 59.8 Å². The number of carbonyl (C=O) groups is 1. The topological polar surface area (TPSA) is 43.2 Å². The molecule has 1 atom stereocenters. The maximum atomic E-state index is 12.8. The third kappa shape index (κ3) is 3.00. The molecule has 1 fully saturated rings. The lowest BCUT2D eigenvalue weighted by molar-refractivity contribution is -0.143. The minimum absolute atomic E-state index is 0.0428. The number of fused-ring (bicyclic) bond motifs is 1. The van der Waals surface area contributed by atoms with E-state index < -0.39 is 0 Å². The summed E-state index contributed by atoms with van der Waals surface area (Å²) in [4.78, 5) is 14.7. The molecule has 1 aliphatic heterocycles. The van der Waals surface area contributed by atoms with Crippen LogP contribution in [0.15, 0.2) is 36.7 Å². The highest BCUT2D eigenvalue weighted by Crippen LogP contribution is 2.23. The predicted octanol–water partition coefficient (Wildman–Crippen LogP) is 2.21. The molecular formula is C17H22N2O3. The molecule has 2 aromatic heterocycles. The van der Waals surface area contributed by atoms with Crippen molar-refractivity contribution in [1.82, 2.24) is 9.30 Å². The van der Waals surface area contributed by atoms with Gasteiger partial charge in [-0.25, -0.2) is 0 Å². The molecule has 0 bridgehead atoms. The fourth-order valence-electron chi connectivity index (χ4n) is 3.08. The van der Waals surface area contributed by atoms with E-state index in [-0.39, 0.29) is 17.6 Å². The SMILES string of the molecule is COC[C@H]1CN(C(=O)c2cc3ccccn3c2)CC(C)(C)O1. The molecule has 0 spiro atoms. The lowest BCUT2D eigenvalue weighted by atomic mass is 10.0. The Balaban J connectivity index is 1.83. The van der Waals surface area contributed by atoms with Gasteiger partial charge in [-0.2, -0.15) is 0 Å². The summed E-state index contributed by atoms with van der Waals surface area (Å²) in [7, 11) is 1.65. The molecule has 118 valence electrons. The average molecular weight is 302 g/mol. The molecule has 0 unspecified atom stereocenters. The second kappa shape index (κ2) is 5.74. The Morgan fingerprint density at radius 3 is 3.00 bits per heavy atom. The highest BCUT2D eigenvalue weighted by Gasteiger charge is 2.36. The summed E-state index contributed by atoms with van der Waals surface area (Å²) < 4.78 is 13.1. The minimum Gasteiger partial charge on any atom is -0.382 e. The van der Waals surface area contributed by atoms with Gasteiger partial charge in [-0.05, 0) is 32.0 Å². The highest BCUT2D eigenvalue weighted by molar-refractivity contribution is 5.95. The average Bonchev–Trinajstić information content (AvgIpc) is 2.89. The first-order chi connectivity index (χ1) is 10.5. The fraction of sp³-hybridized carbons (Fsp3) is 0.471. The number of ether oxygens (including phenoxy) is 2. The summed E-state index contributed by atoms with van der Waals surface area (Å²) in [5, 5.41) is 0. The molecule has 3 heterocycles. The van der Waals surface area contributed by atoms with Crippen molar-refractivity contribution in [2.45, 2.75) is 25.6 Å². The Hall–Kier alpha value is -1.85. The molecule has 5 nitrogen and oxygen atoms in total. The van der Waals surface area contributed by atoms with Crippen molar-refractivity contribution in [3.63, 3.8) is 0 Å². The lowest BCUT2D eigenvalue weighted by Gasteiger charge is -2.42. The molecule has 1 aliphatic rings. The van der Waals surface area contributed by atoms with Gasteiger partial charge in [0.25, 0.3) is 5.91 Å². The van der Waals surface area contributed by atoms with Gasteiger partial charge in [-0.15, -0.1) is 0 Å². The smallest absolute Gasteiger partial charge is 0.255 e. The van der Waals surface area contributed by atoms with Gasteiger partial charge < -0.3 is 18.8 Å². The van der Waals surface area contributed by atoms with Crippen molar-refractivity contribution >= 4 is 11.4 Å². The van der Waals surface area contributed by atoms with Crippen LogP contribution >= 0.6 is 0 Å². The molecule has 22 heavy (non-hydrogen) atoms. The summed E-state index contributed by atoms with van der Waals surface area (Å²) in [6, 6.07) is 7.84. The molecule has 5 heteroatoms. The standard InChI is InChI=1S/C17H22N2O3/c1-17(2)12-19(10-15(22-17)11-21-3)16(20)13-8-14-6-4-5-7-18(14)9-13/h4-9,15H,10-12H2,1-3H3/t15-/m1/s1. The number of rotatable bonds is 3. The van der Waals surface area contributed by atoms with Gasteiger partial charge in [0.2, 0.25) is 0 Å². The van der Waals surface area contributed by atoms with Gasteiger partial charge in [-0.1, -0.05) is 6.07 Å². The maximum Gasteiger partial charge on any atom is 0.255 e. The van der Waals surface area contributed by atoms with Crippen molar-refractivity contribution in [2.24, 2.45) is 0 Å². The molecule has 3 rings (SSSR count). The minimum atomic E-state index is -0.365. The first kappa shape index (κ1) is 15.1. The number of aromatic nitrogens is 1. The zero-order valence-electron chi connectivity index (χ0n) is 13.3. The van der Waals surface area contributed by atoms with Gasteiger partial charge in [0.1, 0.15) is 0 Å². The zero-order valence-corrected chi connectivity index (χ0v) is 13.3. The molecule has 0 N–H and O–H groups in total. The number of morpholine rings is 1. The van der Waals surface area contributed by atoms with Crippen LogP contribution in [0.3, 0.4) is 0 Å².